The van der Waals surface area contributed by atoms with Gasteiger partial charge in [-0.2, -0.15) is 11.3 Å². The quantitative estimate of drug-likeness (QED) is 0.783. The van der Waals surface area contributed by atoms with Crippen molar-refractivity contribution in [1.82, 2.24) is 9.88 Å². The number of thiophene rings is 1. The summed E-state index contributed by atoms with van der Waals surface area (Å²) in [6, 6.07) is 2.02. The van der Waals surface area contributed by atoms with Crippen molar-refractivity contribution in [2.24, 2.45) is 0 Å². The van der Waals surface area contributed by atoms with Gasteiger partial charge in [-0.05, 0) is 25.3 Å². The van der Waals surface area contributed by atoms with Gasteiger partial charge in [0.15, 0.2) is 0 Å². The normalized spacial score (nSPS) is 10.4. The number of carbonyl (C=O) groups is 1. The van der Waals surface area contributed by atoms with Gasteiger partial charge in [-0.3, -0.25) is 4.79 Å². The van der Waals surface area contributed by atoms with Gasteiger partial charge in [-0.25, -0.2) is 4.98 Å². The molecule has 0 fully saturated rings. The van der Waals surface area contributed by atoms with Gasteiger partial charge in [0.1, 0.15) is 10.7 Å². The van der Waals surface area contributed by atoms with E-state index in [-0.39, 0.29) is 5.91 Å². The maximum atomic E-state index is 12.3. The van der Waals surface area contributed by atoms with Crippen LogP contribution < -0.4 is 0 Å². The lowest BCUT2D eigenvalue weighted by molar-refractivity contribution is 0.0773. The fourth-order valence-electron chi connectivity index (χ4n) is 1.71. The van der Waals surface area contributed by atoms with Crippen molar-refractivity contribution in [1.29, 1.82) is 0 Å². The molecule has 100 valence electrons. The molecule has 0 atom stereocenters. The van der Waals surface area contributed by atoms with E-state index in [0.717, 1.165) is 16.1 Å². The molecule has 3 nitrogen and oxygen atoms in total. The van der Waals surface area contributed by atoms with Crippen molar-refractivity contribution >= 4 is 28.6 Å². The van der Waals surface area contributed by atoms with Crippen LogP contribution in [0.3, 0.4) is 0 Å². The first-order valence-electron chi connectivity index (χ1n) is 6.03. The van der Waals surface area contributed by atoms with Crippen LogP contribution in [-0.4, -0.2) is 28.9 Å². The zero-order chi connectivity index (χ0) is 13.8. The molecule has 0 radical (unpaired) electrons. The molecule has 1 amide bonds. The fraction of sp³-hybridized carbons (Fsp3) is 0.286. The van der Waals surface area contributed by atoms with Gasteiger partial charge in [-0.15, -0.1) is 11.3 Å². The number of aromatic nitrogens is 1. The minimum Gasteiger partial charge on any atom is -0.334 e. The van der Waals surface area contributed by atoms with Crippen LogP contribution >= 0.6 is 22.7 Å². The average molecular weight is 292 g/mol. The molecular formula is C14H16N2OS2. The average Bonchev–Trinajstić information content (AvgIpc) is 3.04. The Bertz CT molecular complexity index is 572. The highest BCUT2D eigenvalue weighted by atomic mass is 32.1. The lowest BCUT2D eigenvalue weighted by Gasteiger charge is -2.19. The largest absolute Gasteiger partial charge is 0.334 e. The summed E-state index contributed by atoms with van der Waals surface area (Å²) in [6.45, 7) is 8.99. The maximum Gasteiger partial charge on any atom is 0.273 e. The molecular weight excluding hydrogens is 276 g/mol. The Hall–Kier alpha value is -1.46. The highest BCUT2D eigenvalue weighted by Gasteiger charge is 2.17. The number of nitrogens with zero attached hydrogens (tertiary/aromatic N) is 2. The van der Waals surface area contributed by atoms with Crippen molar-refractivity contribution in [2.45, 2.75) is 13.8 Å². The Morgan fingerprint density at radius 1 is 1.47 bits per heavy atom. The molecule has 2 rings (SSSR count). The minimum atomic E-state index is -0.0248. The van der Waals surface area contributed by atoms with Gasteiger partial charge >= 0.3 is 0 Å². The zero-order valence-corrected chi connectivity index (χ0v) is 12.7. The number of thiazole rings is 1. The van der Waals surface area contributed by atoms with Crippen molar-refractivity contribution in [2.75, 3.05) is 13.1 Å². The summed E-state index contributed by atoms with van der Waals surface area (Å²) < 4.78 is 0. The van der Waals surface area contributed by atoms with Gasteiger partial charge in [0.2, 0.25) is 0 Å². The van der Waals surface area contributed by atoms with Gasteiger partial charge in [0.05, 0.1) is 0 Å². The minimum absolute atomic E-state index is 0.0248. The van der Waals surface area contributed by atoms with Crippen LogP contribution in [0.5, 0.6) is 0 Å². The predicted octanol–water partition coefficient (Wildman–Crippen LogP) is 3.91. The smallest absolute Gasteiger partial charge is 0.273 e. The molecule has 0 aromatic carbocycles. The monoisotopic (exact) mass is 292 g/mol. The Balaban J connectivity index is 2.17. The highest BCUT2D eigenvalue weighted by molar-refractivity contribution is 7.14. The van der Waals surface area contributed by atoms with Crippen LogP contribution in [-0.2, 0) is 0 Å². The second-order valence-corrected chi connectivity index (χ2v) is 5.96. The molecule has 0 saturated carbocycles. The van der Waals surface area contributed by atoms with Gasteiger partial charge in [0.25, 0.3) is 5.91 Å². The second-order valence-electron chi connectivity index (χ2n) is 4.33. The summed E-state index contributed by atoms with van der Waals surface area (Å²) in [5.74, 6) is -0.0248. The number of amides is 1. The molecule has 2 aromatic rings. The van der Waals surface area contributed by atoms with Gasteiger partial charge in [0, 0.05) is 29.4 Å². The highest BCUT2D eigenvalue weighted by Crippen LogP contribution is 2.26. The lowest BCUT2D eigenvalue weighted by atomic mass is 10.3. The van der Waals surface area contributed by atoms with Crippen molar-refractivity contribution in [3.63, 3.8) is 0 Å². The van der Waals surface area contributed by atoms with E-state index in [0.29, 0.717) is 18.8 Å². The van der Waals surface area contributed by atoms with Crippen LogP contribution in [0.1, 0.15) is 24.3 Å². The molecule has 0 spiro atoms. The van der Waals surface area contributed by atoms with E-state index in [4.69, 9.17) is 0 Å². The topological polar surface area (TPSA) is 33.2 Å². The molecule has 0 bridgehead atoms. The number of hydrogen-bond acceptors (Lipinski definition) is 4. The van der Waals surface area contributed by atoms with Crippen molar-refractivity contribution in [3.05, 3.63) is 40.1 Å². The van der Waals surface area contributed by atoms with Gasteiger partial charge in [-0.1, -0.05) is 12.2 Å². The molecule has 0 aliphatic rings. The van der Waals surface area contributed by atoms with E-state index in [9.17, 15) is 4.79 Å². The van der Waals surface area contributed by atoms with E-state index >= 15 is 0 Å². The number of hydrogen-bond donors (Lipinski definition) is 0. The van der Waals surface area contributed by atoms with Crippen LogP contribution in [0.2, 0.25) is 0 Å². The van der Waals surface area contributed by atoms with Crippen LogP contribution in [0.15, 0.2) is 34.4 Å². The predicted molar refractivity (Wildman–Crippen MR) is 81.8 cm³/mol. The summed E-state index contributed by atoms with van der Waals surface area (Å²) in [6.07, 6.45) is 0. The van der Waals surface area contributed by atoms with E-state index in [2.05, 4.69) is 11.6 Å². The molecule has 0 N–H and O–H groups in total. The fourth-order valence-corrected chi connectivity index (χ4v) is 3.21. The molecule has 19 heavy (non-hydrogen) atoms. The Morgan fingerprint density at radius 3 is 2.84 bits per heavy atom. The molecule has 0 saturated heterocycles. The van der Waals surface area contributed by atoms with Crippen LogP contribution in [0, 0.1) is 0 Å². The Labute approximate surface area is 121 Å². The van der Waals surface area contributed by atoms with Crippen LogP contribution in [0.25, 0.3) is 10.6 Å². The van der Waals surface area contributed by atoms with Gasteiger partial charge < -0.3 is 4.90 Å². The second kappa shape index (κ2) is 6.12. The number of rotatable bonds is 5. The summed E-state index contributed by atoms with van der Waals surface area (Å²) in [4.78, 5) is 18.5. The SMILES string of the molecule is C=C(C)CN(CC)C(=O)c1csc(-c2ccsc2)n1. The third-order valence-corrected chi connectivity index (χ3v) is 4.20. The zero-order valence-electron chi connectivity index (χ0n) is 11.0. The maximum absolute atomic E-state index is 12.3. The van der Waals surface area contributed by atoms with E-state index in [1.54, 1.807) is 16.2 Å². The summed E-state index contributed by atoms with van der Waals surface area (Å²) in [7, 11) is 0. The first kappa shape index (κ1) is 14.0. The summed E-state index contributed by atoms with van der Waals surface area (Å²) in [5.41, 5.74) is 2.58. The lowest BCUT2D eigenvalue weighted by Crippen LogP contribution is -2.32. The number of likely N-dealkylation sites (N-methyl/N-ethyl adjacent to an activating group) is 1. The molecule has 0 aliphatic carbocycles. The first-order valence-corrected chi connectivity index (χ1v) is 7.85. The third-order valence-electron chi connectivity index (χ3n) is 2.62. The van der Waals surface area contributed by atoms with Crippen molar-refractivity contribution < 1.29 is 4.79 Å². The Morgan fingerprint density at radius 2 is 2.26 bits per heavy atom. The summed E-state index contributed by atoms with van der Waals surface area (Å²) in [5, 5.41) is 6.78. The van der Waals surface area contributed by atoms with E-state index in [1.165, 1.54) is 11.3 Å². The standard InChI is InChI=1S/C14H16N2OS2/c1-4-16(7-10(2)3)14(17)12-9-19-13(15-12)11-5-6-18-8-11/h5-6,8-9H,2,4,7H2,1,3H3. The molecule has 2 heterocycles. The Kier molecular flexibility index (Phi) is 4.50. The summed E-state index contributed by atoms with van der Waals surface area (Å²) >= 11 is 3.14. The van der Waals surface area contributed by atoms with E-state index < -0.39 is 0 Å². The molecule has 5 heteroatoms. The number of carbonyl (C=O) groups excluding carboxylic acids is 1. The molecule has 0 unspecified atom stereocenters. The first-order chi connectivity index (χ1) is 9.11. The molecule has 0 aliphatic heterocycles. The molecule has 2 aromatic heterocycles. The van der Waals surface area contributed by atoms with Crippen LogP contribution in [0.4, 0.5) is 0 Å². The van der Waals surface area contributed by atoms with Crippen molar-refractivity contribution in [3.8, 4) is 10.6 Å². The van der Waals surface area contributed by atoms with E-state index in [1.807, 2.05) is 36.1 Å². The third kappa shape index (κ3) is 3.30.